The minimum absolute atomic E-state index is 0.0373. The molecule has 0 bridgehead atoms. The zero-order valence-electron chi connectivity index (χ0n) is 6.97. The van der Waals surface area contributed by atoms with Crippen molar-refractivity contribution in [2.24, 2.45) is 0 Å². The van der Waals surface area contributed by atoms with Crippen LogP contribution in [0.2, 0.25) is 0 Å². The summed E-state index contributed by atoms with van der Waals surface area (Å²) in [7, 11) is 1.35. The summed E-state index contributed by atoms with van der Waals surface area (Å²) >= 11 is 0. The summed E-state index contributed by atoms with van der Waals surface area (Å²) in [4.78, 5) is 3.80. The van der Waals surface area contributed by atoms with Crippen molar-refractivity contribution in [3.8, 4) is 5.88 Å². The third kappa shape index (κ3) is 1.53. The van der Waals surface area contributed by atoms with Crippen LogP contribution in [0.3, 0.4) is 0 Å². The van der Waals surface area contributed by atoms with Crippen LogP contribution in [0, 0.1) is 12.7 Å². The molecule has 0 spiro atoms. The average molecular weight is 171 g/mol. The van der Waals surface area contributed by atoms with Crippen LogP contribution >= 0.6 is 0 Å². The number of halogens is 1. The van der Waals surface area contributed by atoms with E-state index in [2.05, 4.69) is 9.72 Å². The van der Waals surface area contributed by atoms with E-state index in [0.717, 1.165) is 0 Å². The van der Waals surface area contributed by atoms with E-state index in [4.69, 9.17) is 5.11 Å². The van der Waals surface area contributed by atoms with Gasteiger partial charge in [0.05, 0.1) is 13.7 Å². The van der Waals surface area contributed by atoms with Gasteiger partial charge in [0.2, 0.25) is 5.88 Å². The van der Waals surface area contributed by atoms with Crippen LogP contribution in [0.25, 0.3) is 0 Å². The molecule has 0 aliphatic heterocycles. The number of pyridine rings is 1. The Bertz CT molecular complexity index is 259. The summed E-state index contributed by atoms with van der Waals surface area (Å²) in [6, 6.07) is 1.22. The van der Waals surface area contributed by atoms with Gasteiger partial charge < -0.3 is 9.84 Å². The van der Waals surface area contributed by atoms with Crippen molar-refractivity contribution in [2.75, 3.05) is 7.11 Å². The molecule has 0 radical (unpaired) electrons. The van der Waals surface area contributed by atoms with Crippen LogP contribution in [-0.4, -0.2) is 17.2 Å². The Morgan fingerprint density at radius 2 is 2.33 bits per heavy atom. The molecule has 0 fully saturated rings. The molecule has 0 saturated carbocycles. The number of rotatable bonds is 2. The predicted molar refractivity (Wildman–Crippen MR) is 41.4 cm³/mol. The van der Waals surface area contributed by atoms with Gasteiger partial charge in [0.1, 0.15) is 0 Å². The lowest BCUT2D eigenvalue weighted by Gasteiger charge is -2.05. The molecular formula is C8H10FNO2. The molecule has 1 N–H and O–H groups in total. The molecule has 0 amide bonds. The molecule has 0 aromatic carbocycles. The van der Waals surface area contributed by atoms with Crippen molar-refractivity contribution < 1.29 is 14.2 Å². The molecule has 0 aliphatic carbocycles. The first kappa shape index (κ1) is 8.93. The van der Waals surface area contributed by atoms with E-state index < -0.39 is 5.82 Å². The third-order valence-corrected chi connectivity index (χ3v) is 1.60. The molecule has 1 aromatic heterocycles. The fourth-order valence-corrected chi connectivity index (χ4v) is 0.900. The maximum atomic E-state index is 12.9. The number of methoxy groups -OCH3 is 1. The first-order chi connectivity index (χ1) is 5.69. The SMILES string of the molecule is COc1nc(C)c(CO)cc1F. The number of aliphatic hydroxyl groups is 1. The molecule has 1 aromatic rings. The molecule has 0 saturated heterocycles. The molecule has 66 valence electrons. The standard InChI is InChI=1S/C8H10FNO2/c1-5-6(4-11)3-7(9)8(10-5)12-2/h3,11H,4H2,1-2H3. The van der Waals surface area contributed by atoms with Crippen molar-refractivity contribution >= 4 is 0 Å². The number of aryl methyl sites for hydroxylation is 1. The van der Waals surface area contributed by atoms with Gasteiger partial charge in [0.15, 0.2) is 5.82 Å². The smallest absolute Gasteiger partial charge is 0.250 e. The lowest BCUT2D eigenvalue weighted by molar-refractivity contribution is 0.278. The predicted octanol–water partition coefficient (Wildman–Crippen LogP) is 1.03. The Morgan fingerprint density at radius 1 is 1.67 bits per heavy atom. The number of hydrogen-bond donors (Lipinski definition) is 1. The quantitative estimate of drug-likeness (QED) is 0.722. The third-order valence-electron chi connectivity index (χ3n) is 1.60. The number of hydrogen-bond acceptors (Lipinski definition) is 3. The van der Waals surface area contributed by atoms with Crippen molar-refractivity contribution in [1.29, 1.82) is 0 Å². The van der Waals surface area contributed by atoms with Crippen LogP contribution < -0.4 is 4.74 Å². The van der Waals surface area contributed by atoms with E-state index in [-0.39, 0.29) is 12.5 Å². The van der Waals surface area contributed by atoms with Gasteiger partial charge in [0, 0.05) is 11.3 Å². The fraction of sp³-hybridized carbons (Fsp3) is 0.375. The first-order valence-corrected chi connectivity index (χ1v) is 3.50. The number of aromatic nitrogens is 1. The molecule has 1 heterocycles. The summed E-state index contributed by atoms with van der Waals surface area (Å²) in [5.41, 5.74) is 1.06. The topological polar surface area (TPSA) is 42.4 Å². The number of nitrogens with zero attached hydrogens (tertiary/aromatic N) is 1. The lowest BCUT2D eigenvalue weighted by Crippen LogP contribution is -1.99. The second-order valence-electron chi connectivity index (χ2n) is 2.38. The van der Waals surface area contributed by atoms with Crippen molar-refractivity contribution in [2.45, 2.75) is 13.5 Å². The van der Waals surface area contributed by atoms with Crippen molar-refractivity contribution in [3.05, 3.63) is 23.1 Å². The number of ether oxygens (including phenoxy) is 1. The molecule has 0 atom stereocenters. The minimum Gasteiger partial charge on any atom is -0.479 e. The van der Waals surface area contributed by atoms with E-state index in [1.54, 1.807) is 6.92 Å². The Kier molecular flexibility index (Phi) is 2.60. The fourth-order valence-electron chi connectivity index (χ4n) is 0.900. The van der Waals surface area contributed by atoms with Gasteiger partial charge in [-0.1, -0.05) is 0 Å². The zero-order chi connectivity index (χ0) is 9.14. The highest BCUT2D eigenvalue weighted by atomic mass is 19.1. The Balaban J connectivity index is 3.16. The van der Waals surface area contributed by atoms with Gasteiger partial charge in [-0.25, -0.2) is 9.37 Å². The van der Waals surface area contributed by atoms with Crippen molar-refractivity contribution in [1.82, 2.24) is 4.98 Å². The van der Waals surface area contributed by atoms with E-state index in [9.17, 15) is 4.39 Å². The van der Waals surface area contributed by atoms with Gasteiger partial charge >= 0.3 is 0 Å². The first-order valence-electron chi connectivity index (χ1n) is 3.50. The van der Waals surface area contributed by atoms with E-state index in [0.29, 0.717) is 11.3 Å². The highest BCUT2D eigenvalue weighted by molar-refractivity contribution is 5.25. The molecular weight excluding hydrogens is 161 g/mol. The van der Waals surface area contributed by atoms with Crippen LogP contribution in [0.4, 0.5) is 4.39 Å². The van der Waals surface area contributed by atoms with Crippen LogP contribution in [-0.2, 0) is 6.61 Å². The van der Waals surface area contributed by atoms with Gasteiger partial charge in [-0.15, -0.1) is 0 Å². The van der Waals surface area contributed by atoms with Crippen LogP contribution in [0.5, 0.6) is 5.88 Å². The minimum atomic E-state index is -0.549. The van der Waals surface area contributed by atoms with Gasteiger partial charge in [-0.2, -0.15) is 0 Å². The maximum absolute atomic E-state index is 12.9. The second kappa shape index (κ2) is 3.49. The van der Waals surface area contributed by atoms with Crippen LogP contribution in [0.1, 0.15) is 11.3 Å². The molecule has 0 unspecified atom stereocenters. The Morgan fingerprint density at radius 3 is 2.83 bits per heavy atom. The Labute approximate surface area is 69.8 Å². The number of aliphatic hydroxyl groups excluding tert-OH is 1. The Hall–Kier alpha value is -1.16. The molecule has 12 heavy (non-hydrogen) atoms. The van der Waals surface area contributed by atoms with Gasteiger partial charge in [-0.3, -0.25) is 0 Å². The van der Waals surface area contributed by atoms with Crippen molar-refractivity contribution in [3.63, 3.8) is 0 Å². The largest absolute Gasteiger partial charge is 0.479 e. The molecule has 4 heteroatoms. The lowest BCUT2D eigenvalue weighted by atomic mass is 10.2. The zero-order valence-corrected chi connectivity index (χ0v) is 6.97. The highest BCUT2D eigenvalue weighted by Crippen LogP contribution is 2.17. The van der Waals surface area contributed by atoms with E-state index in [1.165, 1.54) is 13.2 Å². The summed E-state index contributed by atoms with van der Waals surface area (Å²) in [6.45, 7) is 1.48. The maximum Gasteiger partial charge on any atom is 0.250 e. The van der Waals surface area contributed by atoms with Gasteiger partial charge in [0.25, 0.3) is 0 Å². The van der Waals surface area contributed by atoms with Crippen LogP contribution in [0.15, 0.2) is 6.07 Å². The summed E-state index contributed by atoms with van der Waals surface area (Å²) in [5.74, 6) is -0.586. The average Bonchev–Trinajstić information content (AvgIpc) is 2.08. The monoisotopic (exact) mass is 171 g/mol. The highest BCUT2D eigenvalue weighted by Gasteiger charge is 2.07. The van der Waals surface area contributed by atoms with E-state index >= 15 is 0 Å². The van der Waals surface area contributed by atoms with Gasteiger partial charge in [-0.05, 0) is 13.0 Å². The normalized spacial score (nSPS) is 10.0. The van der Waals surface area contributed by atoms with E-state index in [1.807, 2.05) is 0 Å². The molecule has 3 nitrogen and oxygen atoms in total. The molecule has 1 rings (SSSR count). The summed E-state index contributed by atoms with van der Waals surface area (Å²) < 4.78 is 17.6. The summed E-state index contributed by atoms with van der Waals surface area (Å²) in [5, 5.41) is 8.76. The second-order valence-corrected chi connectivity index (χ2v) is 2.38. The molecule has 0 aliphatic rings. The summed E-state index contributed by atoms with van der Waals surface area (Å²) in [6.07, 6.45) is 0.